The number of aliphatic hydroxyl groups excluding tert-OH is 1. The molecule has 0 radical (unpaired) electrons. The van der Waals surface area contributed by atoms with Crippen molar-refractivity contribution in [2.24, 2.45) is 40.4 Å². The van der Waals surface area contributed by atoms with E-state index in [2.05, 4.69) is 27.7 Å². The van der Waals surface area contributed by atoms with Crippen molar-refractivity contribution in [3.63, 3.8) is 0 Å². The molecule has 0 spiro atoms. The normalized spacial score (nSPS) is 44.0. The Balaban J connectivity index is 1.56. The first-order valence-electron chi connectivity index (χ1n) is 12.6. The molecular weight excluding hydrogens is 372 g/mol. The molecule has 3 nitrogen and oxygen atoms in total. The van der Waals surface area contributed by atoms with E-state index in [1.54, 1.807) is 0 Å². The van der Waals surface area contributed by atoms with Crippen LogP contribution in [0.5, 0.6) is 0 Å². The second-order valence-electron chi connectivity index (χ2n) is 12.4. The lowest BCUT2D eigenvalue weighted by Crippen LogP contribution is -2.55. The molecule has 0 aliphatic heterocycles. The van der Waals surface area contributed by atoms with E-state index < -0.39 is 11.7 Å². The third-order valence-corrected chi connectivity index (χ3v) is 10.4. The van der Waals surface area contributed by atoms with E-state index in [0.717, 1.165) is 32.1 Å². The van der Waals surface area contributed by atoms with Crippen LogP contribution in [-0.4, -0.2) is 27.7 Å². The highest BCUT2D eigenvalue weighted by atomic mass is 16.3. The van der Waals surface area contributed by atoms with Crippen molar-refractivity contribution in [3.8, 4) is 0 Å². The molecule has 0 amide bonds. The number of fused-ring (bicyclic) bond motifs is 5. The van der Waals surface area contributed by atoms with Crippen LogP contribution in [0, 0.1) is 40.4 Å². The van der Waals surface area contributed by atoms with Crippen LogP contribution in [-0.2, 0) is 4.79 Å². The fraction of sp³-hybridized carbons (Fsp3) is 0.889. The molecule has 0 unspecified atom stereocenters. The molecule has 3 heteroatoms. The minimum atomic E-state index is -1.01. The van der Waals surface area contributed by atoms with Gasteiger partial charge in [0.2, 0.25) is 0 Å². The maximum atomic E-state index is 12.0. The first kappa shape index (κ1) is 22.5. The zero-order chi connectivity index (χ0) is 21.9. The Morgan fingerprint density at radius 1 is 1.07 bits per heavy atom. The van der Waals surface area contributed by atoms with E-state index in [9.17, 15) is 15.0 Å². The molecule has 2 N–H and O–H groups in total. The number of carbonyl (C=O) groups excluding carboxylic acids is 1. The van der Waals surface area contributed by atoms with Gasteiger partial charge in [0.05, 0.1) is 11.7 Å². The quantitative estimate of drug-likeness (QED) is 0.606. The fourth-order valence-corrected chi connectivity index (χ4v) is 8.53. The lowest BCUT2D eigenvalue weighted by molar-refractivity contribution is -0.152. The van der Waals surface area contributed by atoms with Crippen LogP contribution in [0.25, 0.3) is 0 Å². The van der Waals surface area contributed by atoms with Crippen LogP contribution in [0.3, 0.4) is 0 Å². The molecule has 0 bridgehead atoms. The Morgan fingerprint density at radius 2 is 1.80 bits per heavy atom. The second-order valence-corrected chi connectivity index (χ2v) is 12.4. The van der Waals surface area contributed by atoms with Crippen LogP contribution in [0.2, 0.25) is 0 Å². The molecular formula is C27H44O3. The van der Waals surface area contributed by atoms with Crippen LogP contribution in [0.1, 0.15) is 98.8 Å². The first-order valence-corrected chi connectivity index (χ1v) is 12.6. The maximum absolute atomic E-state index is 12.0. The third kappa shape index (κ3) is 3.43. The van der Waals surface area contributed by atoms with Gasteiger partial charge in [-0.1, -0.05) is 33.3 Å². The van der Waals surface area contributed by atoms with Crippen molar-refractivity contribution < 1.29 is 15.0 Å². The fourth-order valence-electron chi connectivity index (χ4n) is 8.53. The highest BCUT2D eigenvalue weighted by Crippen LogP contribution is 2.68. The summed E-state index contributed by atoms with van der Waals surface area (Å²) >= 11 is 0. The van der Waals surface area contributed by atoms with E-state index in [4.69, 9.17) is 0 Å². The van der Waals surface area contributed by atoms with E-state index in [1.807, 2.05) is 13.0 Å². The van der Waals surface area contributed by atoms with Gasteiger partial charge in [-0.25, -0.2) is 0 Å². The molecule has 3 fully saturated rings. The lowest BCUT2D eigenvalue weighted by atomic mass is 9.46. The Bertz CT molecular complexity index is 707. The summed E-state index contributed by atoms with van der Waals surface area (Å²) in [6, 6.07) is 0. The standard InChI is InChI=1S/C27H44O3/c1-17(2)6-11-24(29)27(5,30)23-10-9-21-20-8-7-18-16-19(28)12-14-25(18,3)22(20)13-15-26(21,23)4/h16-17,20-24,29-30H,6-15H2,1-5H3/t20-,21-,22-,23-,24+,25-,26-,27+/m0/s1. The van der Waals surface area contributed by atoms with Crippen LogP contribution >= 0.6 is 0 Å². The van der Waals surface area contributed by atoms with Gasteiger partial charge in [-0.2, -0.15) is 0 Å². The summed E-state index contributed by atoms with van der Waals surface area (Å²) in [7, 11) is 0. The average molecular weight is 417 g/mol. The Hall–Kier alpha value is -0.670. The maximum Gasteiger partial charge on any atom is 0.155 e. The molecule has 3 saturated carbocycles. The van der Waals surface area contributed by atoms with E-state index in [0.29, 0.717) is 42.3 Å². The molecule has 4 rings (SSSR count). The van der Waals surface area contributed by atoms with Gasteiger partial charge in [0.25, 0.3) is 0 Å². The average Bonchev–Trinajstić information content (AvgIpc) is 3.04. The summed E-state index contributed by atoms with van der Waals surface area (Å²) in [5.74, 6) is 3.07. The van der Waals surface area contributed by atoms with Gasteiger partial charge in [-0.15, -0.1) is 0 Å². The van der Waals surface area contributed by atoms with Crippen molar-refractivity contribution >= 4 is 5.78 Å². The predicted octanol–water partition coefficient (Wildman–Crippen LogP) is 5.68. The molecule has 8 atom stereocenters. The summed E-state index contributed by atoms with van der Waals surface area (Å²) in [6.45, 7) is 11.1. The first-order chi connectivity index (χ1) is 14.0. The molecule has 0 aromatic carbocycles. The number of hydrogen-bond acceptors (Lipinski definition) is 3. The monoisotopic (exact) mass is 416 g/mol. The van der Waals surface area contributed by atoms with Crippen molar-refractivity contribution in [1.29, 1.82) is 0 Å². The number of carbonyl (C=O) groups is 1. The summed E-state index contributed by atoms with van der Waals surface area (Å²) in [5, 5.41) is 22.5. The number of aliphatic hydroxyl groups is 2. The third-order valence-electron chi connectivity index (χ3n) is 10.4. The molecule has 0 saturated heterocycles. The topological polar surface area (TPSA) is 57.5 Å². The van der Waals surface area contributed by atoms with Crippen LogP contribution in [0.15, 0.2) is 11.6 Å². The highest BCUT2D eigenvalue weighted by molar-refractivity contribution is 5.91. The van der Waals surface area contributed by atoms with Crippen molar-refractivity contribution in [2.45, 2.75) is 111 Å². The second kappa shape index (κ2) is 7.73. The van der Waals surface area contributed by atoms with Gasteiger partial charge in [0.1, 0.15) is 0 Å². The highest BCUT2D eigenvalue weighted by Gasteiger charge is 2.62. The minimum Gasteiger partial charge on any atom is -0.390 e. The number of hydrogen-bond donors (Lipinski definition) is 2. The molecule has 0 aromatic heterocycles. The van der Waals surface area contributed by atoms with Gasteiger partial charge >= 0.3 is 0 Å². The zero-order valence-corrected chi connectivity index (χ0v) is 19.9. The summed E-state index contributed by atoms with van der Waals surface area (Å²) in [4.78, 5) is 12.0. The molecule has 4 aliphatic carbocycles. The van der Waals surface area contributed by atoms with Crippen LogP contribution < -0.4 is 0 Å². The largest absolute Gasteiger partial charge is 0.390 e. The zero-order valence-electron chi connectivity index (χ0n) is 19.9. The molecule has 30 heavy (non-hydrogen) atoms. The van der Waals surface area contributed by atoms with E-state index in [1.165, 1.54) is 24.8 Å². The van der Waals surface area contributed by atoms with Crippen molar-refractivity contribution in [3.05, 3.63) is 11.6 Å². The predicted molar refractivity (Wildman–Crippen MR) is 121 cm³/mol. The van der Waals surface area contributed by atoms with Crippen LogP contribution in [0.4, 0.5) is 0 Å². The van der Waals surface area contributed by atoms with E-state index in [-0.39, 0.29) is 16.7 Å². The van der Waals surface area contributed by atoms with Crippen molar-refractivity contribution in [1.82, 2.24) is 0 Å². The minimum absolute atomic E-state index is 0.117. The molecule has 4 aliphatic rings. The number of allylic oxidation sites excluding steroid dienone is 1. The Kier molecular flexibility index (Phi) is 5.80. The smallest absolute Gasteiger partial charge is 0.155 e. The number of rotatable bonds is 5. The SMILES string of the molecule is CC(C)CC[C@@H](O)[C@](C)(O)[C@H]1CC[C@H]2[C@@H]3CCC4=CC(=O)CC[C@]4(C)[C@H]3CC[C@]12C. The molecule has 0 heterocycles. The summed E-state index contributed by atoms with van der Waals surface area (Å²) < 4.78 is 0. The lowest BCUT2D eigenvalue weighted by Gasteiger charge is -2.59. The summed E-state index contributed by atoms with van der Waals surface area (Å²) in [5.41, 5.74) is 0.738. The van der Waals surface area contributed by atoms with Gasteiger partial charge in [0, 0.05) is 6.42 Å². The van der Waals surface area contributed by atoms with Gasteiger partial charge in [-0.05, 0) is 111 Å². The number of ketones is 1. The molecule has 0 aromatic rings. The van der Waals surface area contributed by atoms with Gasteiger partial charge < -0.3 is 10.2 Å². The van der Waals surface area contributed by atoms with Crippen molar-refractivity contribution in [2.75, 3.05) is 0 Å². The Morgan fingerprint density at radius 3 is 2.50 bits per heavy atom. The Labute approximate surface area is 183 Å². The summed E-state index contributed by atoms with van der Waals surface area (Å²) in [6.07, 6.45) is 11.6. The molecule has 170 valence electrons. The van der Waals surface area contributed by atoms with Gasteiger partial charge in [-0.3, -0.25) is 4.79 Å². The van der Waals surface area contributed by atoms with E-state index >= 15 is 0 Å². The van der Waals surface area contributed by atoms with Gasteiger partial charge in [0.15, 0.2) is 5.78 Å².